The quantitative estimate of drug-likeness (QED) is 0.768. The minimum absolute atomic E-state index is 0.0105. The first-order chi connectivity index (χ1) is 12.0. The molecule has 0 atom stereocenters. The third-order valence-electron chi connectivity index (χ3n) is 4.90. The Kier molecular flexibility index (Phi) is 3.75. The van der Waals surface area contributed by atoms with Gasteiger partial charge in [0.1, 0.15) is 11.3 Å². The second-order valence-electron chi connectivity index (χ2n) is 6.66. The fourth-order valence-electron chi connectivity index (χ4n) is 3.49. The minimum atomic E-state index is -0.203. The summed E-state index contributed by atoms with van der Waals surface area (Å²) in [5.41, 5.74) is 5.26. The van der Waals surface area contributed by atoms with Gasteiger partial charge in [0.05, 0.1) is 0 Å². The van der Waals surface area contributed by atoms with Gasteiger partial charge in [0, 0.05) is 6.42 Å². The van der Waals surface area contributed by atoms with Crippen LogP contribution in [-0.2, 0) is 4.79 Å². The average Bonchev–Trinajstić information content (AvgIpc) is 3.04. The molecule has 0 amide bonds. The first-order valence-corrected chi connectivity index (χ1v) is 8.51. The van der Waals surface area contributed by atoms with Crippen LogP contribution in [0.25, 0.3) is 11.1 Å². The van der Waals surface area contributed by atoms with E-state index in [9.17, 15) is 9.90 Å². The number of aromatic nitrogens is 1. The number of allylic oxidation sites excluding steroid dienone is 3. The maximum Gasteiger partial charge on any atom is 0.341 e. The summed E-state index contributed by atoms with van der Waals surface area (Å²) in [6.45, 7) is 3.88. The second-order valence-corrected chi connectivity index (χ2v) is 6.66. The number of aryl methyl sites for hydroxylation is 2. The lowest BCUT2D eigenvalue weighted by Gasteiger charge is -2.23. The van der Waals surface area contributed by atoms with E-state index in [0.717, 1.165) is 53.5 Å². The minimum Gasteiger partial charge on any atom is -0.505 e. The van der Waals surface area contributed by atoms with E-state index in [1.54, 1.807) is 0 Å². The number of carbonyl (C=O) groups excluding carboxylic acids is 1. The van der Waals surface area contributed by atoms with Crippen LogP contribution in [0.15, 0.2) is 49.4 Å². The SMILES string of the molecule is Cc1ccc(C)c2oc(N=NC3=C(O)C4=C(CCCC4)CC3=O)nc12. The molecule has 128 valence electrons. The van der Waals surface area contributed by atoms with Crippen LogP contribution in [0.5, 0.6) is 0 Å². The molecule has 6 nitrogen and oxygen atoms in total. The van der Waals surface area contributed by atoms with Gasteiger partial charge in [0.15, 0.2) is 17.1 Å². The molecule has 0 spiro atoms. The molecule has 1 N–H and O–H groups in total. The van der Waals surface area contributed by atoms with Gasteiger partial charge in [-0.15, -0.1) is 5.11 Å². The lowest BCUT2D eigenvalue weighted by atomic mass is 9.83. The molecule has 2 aromatic rings. The lowest BCUT2D eigenvalue weighted by Crippen LogP contribution is -2.16. The van der Waals surface area contributed by atoms with Crippen LogP contribution in [0.4, 0.5) is 6.01 Å². The Bertz CT molecular complexity index is 940. The maximum absolute atomic E-state index is 12.3. The number of azo groups is 1. The van der Waals surface area contributed by atoms with Crippen LogP contribution in [-0.4, -0.2) is 15.9 Å². The number of fused-ring (bicyclic) bond motifs is 1. The number of Topliss-reactive ketones (excluding diaryl/α,β-unsaturated/α-hetero) is 1. The van der Waals surface area contributed by atoms with Crippen molar-refractivity contribution in [2.45, 2.75) is 46.0 Å². The van der Waals surface area contributed by atoms with Crippen molar-refractivity contribution in [2.24, 2.45) is 10.2 Å². The zero-order valence-electron chi connectivity index (χ0n) is 14.3. The predicted molar refractivity (Wildman–Crippen MR) is 92.8 cm³/mol. The van der Waals surface area contributed by atoms with Gasteiger partial charge in [0.2, 0.25) is 0 Å². The Labute approximate surface area is 145 Å². The highest BCUT2D eigenvalue weighted by Crippen LogP contribution is 2.37. The van der Waals surface area contributed by atoms with Crippen molar-refractivity contribution in [3.05, 3.63) is 45.9 Å². The molecule has 0 saturated carbocycles. The predicted octanol–water partition coefficient (Wildman–Crippen LogP) is 5.14. The number of rotatable bonds is 2. The summed E-state index contributed by atoms with van der Waals surface area (Å²) in [5, 5.41) is 18.4. The van der Waals surface area contributed by atoms with Gasteiger partial charge in [-0.2, -0.15) is 4.98 Å². The van der Waals surface area contributed by atoms with E-state index in [0.29, 0.717) is 12.0 Å². The van der Waals surface area contributed by atoms with E-state index in [2.05, 4.69) is 15.2 Å². The number of ketones is 1. The Balaban J connectivity index is 1.72. The van der Waals surface area contributed by atoms with E-state index in [1.165, 1.54) is 0 Å². The Morgan fingerprint density at radius 2 is 1.88 bits per heavy atom. The monoisotopic (exact) mass is 337 g/mol. The molecule has 0 saturated heterocycles. The van der Waals surface area contributed by atoms with Crippen LogP contribution >= 0.6 is 0 Å². The molecule has 2 aliphatic carbocycles. The molecular formula is C19H19N3O3. The van der Waals surface area contributed by atoms with Crippen molar-refractivity contribution in [1.82, 2.24) is 4.98 Å². The number of carbonyl (C=O) groups is 1. The molecule has 25 heavy (non-hydrogen) atoms. The summed E-state index contributed by atoms with van der Waals surface area (Å²) in [4.78, 5) is 16.6. The number of aliphatic hydroxyl groups excluding tert-OH is 1. The summed E-state index contributed by atoms with van der Waals surface area (Å²) >= 11 is 0. The Morgan fingerprint density at radius 3 is 2.68 bits per heavy atom. The highest BCUT2D eigenvalue weighted by Gasteiger charge is 2.29. The molecule has 1 aromatic carbocycles. The molecule has 1 heterocycles. The molecule has 0 unspecified atom stereocenters. The third kappa shape index (κ3) is 2.67. The number of oxazole rings is 1. The highest BCUT2D eigenvalue weighted by atomic mass is 16.4. The molecular weight excluding hydrogens is 318 g/mol. The Morgan fingerprint density at radius 1 is 1.12 bits per heavy atom. The van der Waals surface area contributed by atoms with Crippen molar-refractivity contribution in [3.63, 3.8) is 0 Å². The summed E-state index contributed by atoms with van der Waals surface area (Å²) in [6.07, 6.45) is 4.07. The smallest absolute Gasteiger partial charge is 0.341 e. The maximum atomic E-state index is 12.3. The third-order valence-corrected chi connectivity index (χ3v) is 4.90. The zero-order valence-corrected chi connectivity index (χ0v) is 14.3. The first-order valence-electron chi connectivity index (χ1n) is 8.51. The number of aliphatic hydroxyl groups is 1. The molecule has 0 radical (unpaired) electrons. The highest BCUT2D eigenvalue weighted by molar-refractivity contribution is 5.99. The fraction of sp³-hybridized carbons (Fsp3) is 0.368. The lowest BCUT2D eigenvalue weighted by molar-refractivity contribution is -0.115. The van der Waals surface area contributed by atoms with E-state index in [4.69, 9.17) is 4.42 Å². The molecule has 1 aromatic heterocycles. The zero-order chi connectivity index (χ0) is 17.6. The standard InChI is InChI=1S/C19H19N3O3/c1-10-7-8-11(2)18-15(10)20-19(25-18)22-21-16-14(23)9-12-5-3-4-6-13(12)17(16)24/h7-8,24H,3-6,9H2,1-2H3. The van der Waals surface area contributed by atoms with Crippen LogP contribution < -0.4 is 0 Å². The van der Waals surface area contributed by atoms with Gasteiger partial charge in [-0.25, -0.2) is 0 Å². The van der Waals surface area contributed by atoms with E-state index in [-0.39, 0.29) is 23.3 Å². The van der Waals surface area contributed by atoms with Crippen LogP contribution in [0.1, 0.15) is 43.2 Å². The number of hydrogen-bond acceptors (Lipinski definition) is 6. The molecule has 2 aliphatic rings. The van der Waals surface area contributed by atoms with Crippen LogP contribution in [0.3, 0.4) is 0 Å². The summed E-state index contributed by atoms with van der Waals surface area (Å²) in [5.74, 6) is -0.233. The van der Waals surface area contributed by atoms with Gasteiger partial charge in [-0.3, -0.25) is 4.79 Å². The van der Waals surface area contributed by atoms with Crippen LogP contribution in [0, 0.1) is 13.8 Å². The number of nitrogens with zero attached hydrogens (tertiary/aromatic N) is 3. The molecule has 0 aliphatic heterocycles. The topological polar surface area (TPSA) is 88.0 Å². The van der Waals surface area contributed by atoms with Gasteiger partial charge >= 0.3 is 6.01 Å². The molecule has 6 heteroatoms. The largest absolute Gasteiger partial charge is 0.505 e. The summed E-state index contributed by atoms with van der Waals surface area (Å²) in [6, 6.07) is 4.01. The van der Waals surface area contributed by atoms with Crippen molar-refractivity contribution in [3.8, 4) is 0 Å². The summed E-state index contributed by atoms with van der Waals surface area (Å²) < 4.78 is 5.65. The van der Waals surface area contributed by atoms with Gasteiger partial charge in [0.25, 0.3) is 0 Å². The van der Waals surface area contributed by atoms with Crippen molar-refractivity contribution in [2.75, 3.05) is 0 Å². The fourth-order valence-corrected chi connectivity index (χ4v) is 3.49. The molecule has 4 rings (SSSR count). The first kappa shape index (κ1) is 15.7. The summed E-state index contributed by atoms with van der Waals surface area (Å²) in [7, 11) is 0. The van der Waals surface area contributed by atoms with E-state index < -0.39 is 0 Å². The van der Waals surface area contributed by atoms with Gasteiger partial charge < -0.3 is 9.52 Å². The van der Waals surface area contributed by atoms with Crippen molar-refractivity contribution in [1.29, 1.82) is 0 Å². The normalized spacial score (nSPS) is 18.6. The van der Waals surface area contributed by atoms with Gasteiger partial charge in [-0.05, 0) is 56.2 Å². The average molecular weight is 337 g/mol. The Hall–Kier alpha value is -2.76. The number of hydrogen-bond donors (Lipinski definition) is 1. The second kappa shape index (κ2) is 5.95. The van der Waals surface area contributed by atoms with Crippen molar-refractivity contribution < 1.29 is 14.3 Å². The molecule has 0 fully saturated rings. The van der Waals surface area contributed by atoms with Gasteiger partial charge in [-0.1, -0.05) is 22.8 Å². The molecule has 0 bridgehead atoms. The van der Waals surface area contributed by atoms with E-state index >= 15 is 0 Å². The van der Waals surface area contributed by atoms with Crippen molar-refractivity contribution >= 4 is 22.9 Å². The van der Waals surface area contributed by atoms with Crippen LogP contribution in [0.2, 0.25) is 0 Å². The number of benzene rings is 1. The van der Waals surface area contributed by atoms with E-state index in [1.807, 2.05) is 26.0 Å².